The molecule has 0 fully saturated rings. The lowest BCUT2D eigenvalue weighted by atomic mass is 10.1. The van der Waals surface area contributed by atoms with E-state index in [4.69, 9.17) is 32.7 Å². The minimum absolute atomic E-state index is 0.131. The van der Waals surface area contributed by atoms with E-state index >= 15 is 0 Å². The maximum atomic E-state index is 13.9. The van der Waals surface area contributed by atoms with Crippen LogP contribution >= 0.6 is 23.2 Å². The molecule has 0 saturated carbocycles. The van der Waals surface area contributed by atoms with E-state index in [0.717, 1.165) is 11.6 Å². The van der Waals surface area contributed by atoms with E-state index in [0.29, 0.717) is 16.7 Å². The zero-order chi connectivity index (χ0) is 19.7. The third-order valence-corrected chi connectivity index (χ3v) is 4.97. The Morgan fingerprint density at radius 3 is 2.21 bits per heavy atom. The second-order valence-electron chi connectivity index (χ2n) is 6.11. The Labute approximate surface area is 169 Å². The van der Waals surface area contributed by atoms with Gasteiger partial charge in [-0.15, -0.1) is 0 Å². The molecule has 2 unspecified atom stereocenters. The number of nitrogens with one attached hydrogen (secondary N) is 2. The minimum Gasteiger partial charge on any atom is -0.461 e. The SMILES string of the molecule is Fc1ccc(C2COC(NNC3=NC(c4ccc(Cl)c(Cl)c4)CO3)=N2)c(F)c1. The Morgan fingerprint density at radius 2 is 1.54 bits per heavy atom. The average molecular weight is 427 g/mol. The number of hydrazine groups is 1. The Bertz CT molecular complexity index is 971. The van der Waals surface area contributed by atoms with E-state index < -0.39 is 17.7 Å². The number of ether oxygens (including phenoxy) is 2. The van der Waals surface area contributed by atoms with Crippen LogP contribution in [0.5, 0.6) is 0 Å². The fourth-order valence-electron chi connectivity index (χ4n) is 2.81. The first-order valence-corrected chi connectivity index (χ1v) is 9.08. The number of aliphatic imine (C=N–C) groups is 2. The van der Waals surface area contributed by atoms with Gasteiger partial charge in [-0.25, -0.2) is 29.6 Å². The molecule has 146 valence electrons. The molecule has 2 N–H and O–H groups in total. The summed E-state index contributed by atoms with van der Waals surface area (Å²) in [7, 11) is 0. The summed E-state index contributed by atoms with van der Waals surface area (Å²) in [6.45, 7) is 0.463. The Morgan fingerprint density at radius 1 is 0.857 bits per heavy atom. The van der Waals surface area contributed by atoms with Crippen LogP contribution in [0, 0.1) is 11.6 Å². The molecule has 2 atom stereocenters. The molecule has 0 aliphatic carbocycles. The van der Waals surface area contributed by atoms with Gasteiger partial charge in [-0.1, -0.05) is 35.3 Å². The molecule has 0 bridgehead atoms. The van der Waals surface area contributed by atoms with Gasteiger partial charge in [0.05, 0.1) is 10.0 Å². The normalized spacial score (nSPS) is 20.9. The quantitative estimate of drug-likeness (QED) is 0.714. The van der Waals surface area contributed by atoms with Gasteiger partial charge in [0.1, 0.15) is 36.9 Å². The number of benzene rings is 2. The summed E-state index contributed by atoms with van der Waals surface area (Å²) in [6, 6.07) is 8.22. The van der Waals surface area contributed by atoms with Crippen LogP contribution in [0.1, 0.15) is 23.2 Å². The van der Waals surface area contributed by atoms with Crippen molar-refractivity contribution in [3.8, 4) is 0 Å². The summed E-state index contributed by atoms with van der Waals surface area (Å²) < 4.78 is 37.8. The van der Waals surface area contributed by atoms with Gasteiger partial charge < -0.3 is 9.47 Å². The van der Waals surface area contributed by atoms with Gasteiger partial charge in [-0.05, 0) is 23.8 Å². The Kier molecular flexibility index (Phi) is 5.23. The van der Waals surface area contributed by atoms with E-state index in [2.05, 4.69) is 20.8 Å². The number of nitrogens with zero attached hydrogens (tertiary/aromatic N) is 2. The van der Waals surface area contributed by atoms with Crippen molar-refractivity contribution in [3.63, 3.8) is 0 Å². The van der Waals surface area contributed by atoms with Crippen molar-refractivity contribution >= 4 is 35.2 Å². The standard InChI is InChI=1S/C18H14Cl2F2N4O2/c19-12-4-1-9(5-13(12)20)15-7-27-17(23-15)25-26-18-24-16(8-28-18)11-3-2-10(21)6-14(11)22/h1-6,15-16H,7-8H2,(H,23,25)(H,24,26). The maximum Gasteiger partial charge on any atom is 0.304 e. The molecular formula is C18H14Cl2F2N4O2. The van der Waals surface area contributed by atoms with Crippen molar-refractivity contribution in [2.75, 3.05) is 13.2 Å². The van der Waals surface area contributed by atoms with Crippen molar-refractivity contribution in [2.24, 2.45) is 9.98 Å². The zero-order valence-electron chi connectivity index (χ0n) is 14.3. The summed E-state index contributed by atoms with van der Waals surface area (Å²) in [6.07, 6.45) is 0. The first-order chi connectivity index (χ1) is 13.5. The van der Waals surface area contributed by atoms with Gasteiger partial charge in [0, 0.05) is 11.6 Å². The lowest BCUT2D eigenvalue weighted by Crippen LogP contribution is -2.41. The van der Waals surface area contributed by atoms with Crippen LogP contribution in [0.3, 0.4) is 0 Å². The molecular weight excluding hydrogens is 413 g/mol. The first kappa shape index (κ1) is 18.8. The molecule has 2 heterocycles. The summed E-state index contributed by atoms with van der Waals surface area (Å²) in [5.74, 6) is -1.31. The van der Waals surface area contributed by atoms with Gasteiger partial charge >= 0.3 is 12.0 Å². The van der Waals surface area contributed by atoms with Gasteiger partial charge in [0.15, 0.2) is 0 Å². The predicted octanol–water partition coefficient (Wildman–Crippen LogP) is 3.92. The third-order valence-electron chi connectivity index (χ3n) is 4.23. The molecule has 0 radical (unpaired) electrons. The van der Waals surface area contributed by atoms with Crippen LogP contribution in [0.2, 0.25) is 10.0 Å². The summed E-state index contributed by atoms with van der Waals surface area (Å²) in [5.41, 5.74) is 6.60. The first-order valence-electron chi connectivity index (χ1n) is 8.33. The zero-order valence-corrected chi connectivity index (χ0v) is 15.8. The number of hydrogen-bond acceptors (Lipinski definition) is 6. The lowest BCUT2D eigenvalue weighted by molar-refractivity contribution is 0.288. The van der Waals surface area contributed by atoms with E-state index in [1.165, 1.54) is 12.1 Å². The summed E-state index contributed by atoms with van der Waals surface area (Å²) >= 11 is 12.0. The topological polar surface area (TPSA) is 67.2 Å². The van der Waals surface area contributed by atoms with Gasteiger partial charge in [-0.2, -0.15) is 0 Å². The van der Waals surface area contributed by atoms with E-state index in [9.17, 15) is 8.78 Å². The molecule has 0 amide bonds. The monoisotopic (exact) mass is 426 g/mol. The van der Waals surface area contributed by atoms with Crippen LogP contribution < -0.4 is 10.9 Å². The highest BCUT2D eigenvalue weighted by molar-refractivity contribution is 6.42. The van der Waals surface area contributed by atoms with Crippen LogP contribution in [-0.2, 0) is 9.47 Å². The van der Waals surface area contributed by atoms with Gasteiger partial charge in [0.25, 0.3) is 0 Å². The second-order valence-corrected chi connectivity index (χ2v) is 6.93. The third kappa shape index (κ3) is 3.98. The molecule has 28 heavy (non-hydrogen) atoms. The molecule has 0 spiro atoms. The number of halogens is 4. The van der Waals surface area contributed by atoms with E-state index in [-0.39, 0.29) is 30.3 Å². The molecule has 0 aromatic heterocycles. The van der Waals surface area contributed by atoms with Crippen molar-refractivity contribution in [2.45, 2.75) is 12.1 Å². The van der Waals surface area contributed by atoms with Crippen LogP contribution in [0.15, 0.2) is 46.4 Å². The van der Waals surface area contributed by atoms with Crippen molar-refractivity contribution in [3.05, 3.63) is 69.2 Å². The molecule has 0 saturated heterocycles. The highest BCUT2D eigenvalue weighted by atomic mass is 35.5. The number of rotatable bonds is 2. The molecule has 4 rings (SSSR count). The van der Waals surface area contributed by atoms with Gasteiger partial charge in [-0.3, -0.25) is 0 Å². The van der Waals surface area contributed by atoms with Crippen LogP contribution in [0.25, 0.3) is 0 Å². The molecule has 6 nitrogen and oxygen atoms in total. The average Bonchev–Trinajstić information content (AvgIpc) is 3.32. The number of amidine groups is 2. The van der Waals surface area contributed by atoms with Crippen molar-refractivity contribution < 1.29 is 18.3 Å². The van der Waals surface area contributed by atoms with Crippen LogP contribution in [-0.4, -0.2) is 25.3 Å². The number of hydrogen-bond donors (Lipinski definition) is 2. The molecule has 2 aromatic rings. The molecule has 2 aliphatic rings. The summed E-state index contributed by atoms with van der Waals surface area (Å²) in [4.78, 5) is 8.62. The highest BCUT2D eigenvalue weighted by Crippen LogP contribution is 2.29. The smallest absolute Gasteiger partial charge is 0.304 e. The predicted molar refractivity (Wildman–Crippen MR) is 101 cm³/mol. The Hall–Kier alpha value is -2.58. The largest absolute Gasteiger partial charge is 0.461 e. The summed E-state index contributed by atoms with van der Waals surface area (Å²) in [5, 5.41) is 0.915. The minimum atomic E-state index is -0.667. The van der Waals surface area contributed by atoms with Gasteiger partial charge in [0.2, 0.25) is 0 Å². The lowest BCUT2D eigenvalue weighted by Gasteiger charge is -2.07. The second kappa shape index (κ2) is 7.81. The molecule has 2 aromatic carbocycles. The fraction of sp³-hybridized carbons (Fsp3) is 0.222. The maximum absolute atomic E-state index is 13.9. The highest BCUT2D eigenvalue weighted by Gasteiger charge is 2.25. The molecule has 10 heteroatoms. The van der Waals surface area contributed by atoms with Crippen LogP contribution in [0.4, 0.5) is 8.78 Å². The fourth-order valence-corrected chi connectivity index (χ4v) is 3.12. The van der Waals surface area contributed by atoms with Crippen molar-refractivity contribution in [1.29, 1.82) is 0 Å². The van der Waals surface area contributed by atoms with E-state index in [1.54, 1.807) is 12.1 Å². The van der Waals surface area contributed by atoms with Crippen molar-refractivity contribution in [1.82, 2.24) is 10.9 Å². The Balaban J connectivity index is 1.37. The molecule has 2 aliphatic heterocycles. The van der Waals surface area contributed by atoms with E-state index in [1.807, 2.05) is 6.07 Å².